The summed E-state index contributed by atoms with van der Waals surface area (Å²) in [7, 11) is 1.84. The van der Waals surface area contributed by atoms with Gasteiger partial charge in [-0.3, -0.25) is 4.79 Å². The van der Waals surface area contributed by atoms with Crippen LogP contribution in [0.1, 0.15) is 16.9 Å². The Balaban J connectivity index is 1.87. The van der Waals surface area contributed by atoms with Crippen LogP contribution >= 0.6 is 27.3 Å². The van der Waals surface area contributed by atoms with Crippen molar-refractivity contribution in [3.8, 4) is 0 Å². The first-order valence-electron chi connectivity index (χ1n) is 6.38. The van der Waals surface area contributed by atoms with E-state index in [2.05, 4.69) is 15.9 Å². The van der Waals surface area contributed by atoms with Crippen LogP contribution in [-0.2, 0) is 17.8 Å². The molecule has 0 aliphatic heterocycles. The van der Waals surface area contributed by atoms with E-state index in [4.69, 9.17) is 5.73 Å². The number of anilines is 1. The van der Waals surface area contributed by atoms with Gasteiger partial charge in [0.1, 0.15) is 0 Å². The van der Waals surface area contributed by atoms with E-state index in [0.29, 0.717) is 19.4 Å². The van der Waals surface area contributed by atoms with Crippen molar-refractivity contribution in [3.05, 3.63) is 50.6 Å². The van der Waals surface area contributed by atoms with Crippen molar-refractivity contribution in [1.82, 2.24) is 4.90 Å². The summed E-state index contributed by atoms with van der Waals surface area (Å²) in [6.07, 6.45) is 1.17. The molecule has 0 atom stereocenters. The highest BCUT2D eigenvalue weighted by Crippen LogP contribution is 2.23. The first kappa shape index (κ1) is 15.1. The molecule has 0 bridgehead atoms. The molecule has 5 heteroatoms. The predicted octanol–water partition coefficient (Wildman–Crippen LogP) is 3.68. The quantitative estimate of drug-likeness (QED) is 0.834. The van der Waals surface area contributed by atoms with E-state index in [1.54, 1.807) is 16.2 Å². The Morgan fingerprint density at radius 3 is 2.70 bits per heavy atom. The van der Waals surface area contributed by atoms with Crippen molar-refractivity contribution in [2.75, 3.05) is 12.8 Å². The summed E-state index contributed by atoms with van der Waals surface area (Å²) in [4.78, 5) is 15.1. The van der Waals surface area contributed by atoms with E-state index < -0.39 is 0 Å². The second-order valence-electron chi connectivity index (χ2n) is 4.65. The molecule has 0 fully saturated rings. The van der Waals surface area contributed by atoms with Crippen molar-refractivity contribution in [2.45, 2.75) is 19.4 Å². The number of thiophene rings is 1. The Morgan fingerprint density at radius 1 is 1.30 bits per heavy atom. The number of nitrogens with zero attached hydrogens (tertiary/aromatic N) is 1. The van der Waals surface area contributed by atoms with Gasteiger partial charge in [0.15, 0.2) is 0 Å². The normalized spacial score (nSPS) is 10.5. The van der Waals surface area contributed by atoms with Crippen molar-refractivity contribution in [3.63, 3.8) is 0 Å². The highest BCUT2D eigenvalue weighted by molar-refractivity contribution is 9.11. The van der Waals surface area contributed by atoms with Crippen LogP contribution in [-0.4, -0.2) is 17.9 Å². The van der Waals surface area contributed by atoms with Gasteiger partial charge in [-0.05, 0) is 46.1 Å². The van der Waals surface area contributed by atoms with E-state index in [9.17, 15) is 4.79 Å². The number of aryl methyl sites for hydroxylation is 1. The van der Waals surface area contributed by atoms with Gasteiger partial charge in [0.05, 0.1) is 10.3 Å². The molecule has 0 saturated carbocycles. The Hall–Kier alpha value is -1.33. The van der Waals surface area contributed by atoms with Crippen molar-refractivity contribution in [1.29, 1.82) is 0 Å². The van der Waals surface area contributed by atoms with E-state index in [1.807, 2.05) is 43.4 Å². The molecule has 2 rings (SSSR count). The summed E-state index contributed by atoms with van der Waals surface area (Å²) in [5, 5.41) is 0. The third kappa shape index (κ3) is 4.08. The number of nitrogen functional groups attached to an aromatic ring is 1. The zero-order valence-corrected chi connectivity index (χ0v) is 13.7. The topological polar surface area (TPSA) is 46.3 Å². The van der Waals surface area contributed by atoms with Gasteiger partial charge < -0.3 is 10.6 Å². The van der Waals surface area contributed by atoms with Crippen molar-refractivity contribution >= 4 is 38.9 Å². The average Bonchev–Trinajstić information content (AvgIpc) is 2.82. The largest absolute Gasteiger partial charge is 0.399 e. The molecule has 1 amide bonds. The van der Waals surface area contributed by atoms with Gasteiger partial charge in [0.2, 0.25) is 5.91 Å². The minimum absolute atomic E-state index is 0.137. The zero-order chi connectivity index (χ0) is 14.5. The summed E-state index contributed by atoms with van der Waals surface area (Å²) in [5.41, 5.74) is 7.67. The van der Waals surface area contributed by atoms with Crippen LogP contribution in [0.4, 0.5) is 5.69 Å². The Kier molecular flexibility index (Phi) is 5.20. The second kappa shape index (κ2) is 6.90. The number of halogens is 1. The summed E-state index contributed by atoms with van der Waals surface area (Å²) in [6, 6.07) is 11.7. The molecule has 2 aromatic rings. The lowest BCUT2D eigenvalue weighted by molar-refractivity contribution is -0.130. The summed E-state index contributed by atoms with van der Waals surface area (Å²) >= 11 is 5.08. The van der Waals surface area contributed by atoms with Gasteiger partial charge in [-0.15, -0.1) is 11.3 Å². The SMILES string of the molecule is CN(Cc1ccc(Br)s1)C(=O)CCc1ccccc1N. The molecular weight excluding hydrogens is 336 g/mol. The highest BCUT2D eigenvalue weighted by atomic mass is 79.9. The summed E-state index contributed by atoms with van der Waals surface area (Å²) < 4.78 is 1.09. The first-order chi connectivity index (χ1) is 9.56. The highest BCUT2D eigenvalue weighted by Gasteiger charge is 2.11. The standard InChI is InChI=1S/C15H17BrN2OS/c1-18(10-12-7-8-14(16)20-12)15(19)9-6-11-4-2-3-5-13(11)17/h2-5,7-8H,6,9-10,17H2,1H3. The van der Waals surface area contributed by atoms with Crippen molar-refractivity contribution in [2.24, 2.45) is 0 Å². The lowest BCUT2D eigenvalue weighted by Gasteiger charge is -2.16. The zero-order valence-electron chi connectivity index (χ0n) is 11.3. The fourth-order valence-electron chi connectivity index (χ4n) is 1.95. The molecule has 0 spiro atoms. The number of carbonyl (C=O) groups excluding carboxylic acids is 1. The molecule has 106 valence electrons. The third-order valence-electron chi connectivity index (χ3n) is 3.11. The minimum atomic E-state index is 0.137. The van der Waals surface area contributed by atoms with Crippen molar-refractivity contribution < 1.29 is 4.79 Å². The fraction of sp³-hybridized carbons (Fsp3) is 0.267. The summed E-state index contributed by atoms with van der Waals surface area (Å²) in [6.45, 7) is 0.652. The molecular formula is C15H17BrN2OS. The van der Waals surface area contributed by atoms with E-state index >= 15 is 0 Å². The van der Waals surface area contributed by atoms with E-state index in [1.165, 1.54) is 4.88 Å². The molecule has 1 aromatic heterocycles. The number of nitrogens with two attached hydrogens (primary N) is 1. The van der Waals surface area contributed by atoms with Crippen LogP contribution < -0.4 is 5.73 Å². The van der Waals surface area contributed by atoms with Crippen LogP contribution in [0.5, 0.6) is 0 Å². The van der Waals surface area contributed by atoms with Gasteiger partial charge in [-0.2, -0.15) is 0 Å². The number of hydrogen-bond acceptors (Lipinski definition) is 3. The average molecular weight is 353 g/mol. The molecule has 0 saturated heterocycles. The minimum Gasteiger partial charge on any atom is -0.399 e. The Bertz CT molecular complexity index is 597. The molecule has 1 heterocycles. The maximum absolute atomic E-state index is 12.1. The number of amides is 1. The molecule has 0 radical (unpaired) electrons. The smallest absolute Gasteiger partial charge is 0.222 e. The maximum Gasteiger partial charge on any atom is 0.222 e. The molecule has 3 nitrogen and oxygen atoms in total. The first-order valence-corrected chi connectivity index (χ1v) is 7.99. The monoisotopic (exact) mass is 352 g/mol. The number of hydrogen-bond donors (Lipinski definition) is 1. The molecule has 20 heavy (non-hydrogen) atoms. The lowest BCUT2D eigenvalue weighted by atomic mass is 10.1. The van der Waals surface area contributed by atoms with Crippen LogP contribution in [0.15, 0.2) is 40.2 Å². The van der Waals surface area contributed by atoms with E-state index in [0.717, 1.165) is 15.0 Å². The number of rotatable bonds is 5. The van der Waals surface area contributed by atoms with Crippen LogP contribution in [0.2, 0.25) is 0 Å². The summed E-state index contributed by atoms with van der Waals surface area (Å²) in [5.74, 6) is 0.137. The van der Waals surface area contributed by atoms with Crippen LogP contribution in [0.3, 0.4) is 0 Å². The Morgan fingerprint density at radius 2 is 2.05 bits per heavy atom. The molecule has 0 unspecified atom stereocenters. The van der Waals surface area contributed by atoms with Gasteiger partial charge >= 0.3 is 0 Å². The predicted molar refractivity (Wildman–Crippen MR) is 87.7 cm³/mol. The van der Waals surface area contributed by atoms with Crippen LogP contribution in [0, 0.1) is 0 Å². The maximum atomic E-state index is 12.1. The third-order valence-corrected chi connectivity index (χ3v) is 4.72. The molecule has 2 N–H and O–H groups in total. The van der Waals surface area contributed by atoms with Gasteiger partial charge in [0.25, 0.3) is 0 Å². The Labute approximate surface area is 131 Å². The second-order valence-corrected chi connectivity index (χ2v) is 7.20. The van der Waals surface area contributed by atoms with Gasteiger partial charge in [-0.25, -0.2) is 0 Å². The van der Waals surface area contributed by atoms with Gasteiger partial charge in [-0.1, -0.05) is 18.2 Å². The molecule has 0 aliphatic rings. The molecule has 1 aromatic carbocycles. The van der Waals surface area contributed by atoms with E-state index in [-0.39, 0.29) is 5.91 Å². The fourth-order valence-corrected chi connectivity index (χ4v) is 3.49. The number of benzene rings is 1. The number of carbonyl (C=O) groups is 1. The molecule has 0 aliphatic carbocycles. The lowest BCUT2D eigenvalue weighted by Crippen LogP contribution is -2.26. The number of para-hydroxylation sites is 1. The van der Waals surface area contributed by atoms with Gasteiger partial charge in [0, 0.05) is 24.0 Å². The van der Waals surface area contributed by atoms with Crippen LogP contribution in [0.25, 0.3) is 0 Å².